The van der Waals surface area contributed by atoms with Crippen LogP contribution in [0.3, 0.4) is 0 Å². The molecule has 8 heteroatoms. The Morgan fingerprint density at radius 1 is 1.43 bits per heavy atom. The second kappa shape index (κ2) is 7.74. The number of aliphatic carboxylic acids is 1. The van der Waals surface area contributed by atoms with E-state index in [0.717, 1.165) is 19.1 Å². The molecule has 0 aromatic carbocycles. The van der Waals surface area contributed by atoms with Gasteiger partial charge in [-0.25, -0.2) is 17.5 Å². The number of carbonyl (C=O) groups is 2. The second-order valence-corrected chi connectivity index (χ2v) is 7.48. The monoisotopic (exact) mass is 320 g/mol. The van der Waals surface area contributed by atoms with Gasteiger partial charge in [0.05, 0.1) is 12.2 Å². The van der Waals surface area contributed by atoms with E-state index in [1.165, 1.54) is 4.31 Å². The highest BCUT2D eigenvalue weighted by Crippen LogP contribution is 2.19. The fourth-order valence-electron chi connectivity index (χ4n) is 2.41. The van der Waals surface area contributed by atoms with Gasteiger partial charge in [-0.05, 0) is 19.3 Å². The molecule has 2 N–H and O–H groups in total. The zero-order valence-corrected chi connectivity index (χ0v) is 13.4. The van der Waals surface area contributed by atoms with Crippen LogP contribution in [-0.4, -0.2) is 55.1 Å². The molecular weight excluding hydrogens is 296 g/mol. The van der Waals surface area contributed by atoms with Crippen LogP contribution in [0.5, 0.6) is 0 Å². The van der Waals surface area contributed by atoms with Crippen LogP contribution in [0, 0.1) is 5.92 Å². The first kappa shape index (κ1) is 17.9. The second-order valence-electron chi connectivity index (χ2n) is 5.50. The van der Waals surface area contributed by atoms with Gasteiger partial charge in [0.25, 0.3) is 0 Å². The largest absolute Gasteiger partial charge is 0.480 e. The zero-order valence-electron chi connectivity index (χ0n) is 12.5. The van der Waals surface area contributed by atoms with Crippen LogP contribution in [-0.2, 0) is 19.6 Å². The minimum Gasteiger partial charge on any atom is -0.480 e. The first-order valence-electron chi connectivity index (χ1n) is 7.24. The highest BCUT2D eigenvalue weighted by atomic mass is 32.2. The van der Waals surface area contributed by atoms with Gasteiger partial charge in [0.1, 0.15) is 6.04 Å². The Kier molecular flexibility index (Phi) is 6.60. The molecule has 0 radical (unpaired) electrons. The van der Waals surface area contributed by atoms with Crippen LogP contribution >= 0.6 is 0 Å². The van der Waals surface area contributed by atoms with E-state index < -0.39 is 28.0 Å². The summed E-state index contributed by atoms with van der Waals surface area (Å²) in [5.74, 6) is -1.89. The molecule has 1 aliphatic heterocycles. The number of carboxylic acids is 1. The van der Waals surface area contributed by atoms with E-state index in [1.54, 1.807) is 0 Å². The summed E-state index contributed by atoms with van der Waals surface area (Å²) in [5.41, 5.74) is 0. The summed E-state index contributed by atoms with van der Waals surface area (Å²) >= 11 is 0. The van der Waals surface area contributed by atoms with Crippen molar-refractivity contribution in [3.05, 3.63) is 0 Å². The van der Waals surface area contributed by atoms with E-state index in [9.17, 15) is 18.0 Å². The minimum absolute atomic E-state index is 0.130. The Labute approximate surface area is 125 Å². The molecule has 1 saturated heterocycles. The Morgan fingerprint density at radius 3 is 2.62 bits per heavy atom. The third-order valence-electron chi connectivity index (χ3n) is 3.68. The Morgan fingerprint density at radius 2 is 2.10 bits per heavy atom. The SMILES string of the molecule is CCCC[C@H](NC(=O)C1CCCN(S(C)(=O)=O)C1)C(=O)O. The number of nitrogens with zero attached hydrogens (tertiary/aromatic N) is 1. The summed E-state index contributed by atoms with van der Waals surface area (Å²) in [6.45, 7) is 2.50. The number of carboxylic acid groups (broad SMARTS) is 1. The quantitative estimate of drug-likeness (QED) is 0.707. The van der Waals surface area contributed by atoms with Crippen LogP contribution in [0.4, 0.5) is 0 Å². The molecule has 0 aromatic heterocycles. The van der Waals surface area contributed by atoms with Gasteiger partial charge in [0, 0.05) is 13.1 Å². The number of piperidine rings is 1. The Bertz CT molecular complexity index is 477. The molecule has 0 saturated carbocycles. The van der Waals surface area contributed by atoms with Gasteiger partial charge in [-0.2, -0.15) is 0 Å². The average Bonchev–Trinajstić information content (AvgIpc) is 2.42. The molecule has 1 aliphatic rings. The molecule has 0 spiro atoms. The van der Waals surface area contributed by atoms with E-state index in [4.69, 9.17) is 5.11 Å². The lowest BCUT2D eigenvalue weighted by molar-refractivity contribution is -0.143. The Balaban J connectivity index is 2.63. The third-order valence-corrected chi connectivity index (χ3v) is 4.95. The fourth-order valence-corrected chi connectivity index (χ4v) is 3.32. The lowest BCUT2D eigenvalue weighted by atomic mass is 9.98. The van der Waals surface area contributed by atoms with E-state index in [1.807, 2.05) is 6.92 Å². The summed E-state index contributed by atoms with van der Waals surface area (Å²) in [7, 11) is -3.31. The number of hydrogen-bond acceptors (Lipinski definition) is 4. The van der Waals surface area contributed by atoms with E-state index >= 15 is 0 Å². The first-order chi connectivity index (χ1) is 9.75. The van der Waals surface area contributed by atoms with Gasteiger partial charge in [-0.1, -0.05) is 19.8 Å². The number of rotatable bonds is 7. The molecule has 21 heavy (non-hydrogen) atoms. The van der Waals surface area contributed by atoms with Gasteiger partial charge in [-0.3, -0.25) is 4.79 Å². The van der Waals surface area contributed by atoms with Gasteiger partial charge in [-0.15, -0.1) is 0 Å². The predicted molar refractivity (Wildman–Crippen MR) is 78.2 cm³/mol. The normalized spacial score (nSPS) is 21.7. The molecule has 1 heterocycles. The molecule has 1 amide bonds. The van der Waals surface area contributed by atoms with Crippen molar-refractivity contribution in [2.45, 2.75) is 45.1 Å². The number of amides is 1. The summed E-state index contributed by atoms with van der Waals surface area (Å²) in [5, 5.41) is 11.6. The van der Waals surface area contributed by atoms with E-state index in [-0.39, 0.29) is 12.5 Å². The highest BCUT2D eigenvalue weighted by molar-refractivity contribution is 7.88. The molecule has 122 valence electrons. The molecule has 0 aromatic rings. The Hall–Kier alpha value is -1.15. The van der Waals surface area contributed by atoms with Gasteiger partial charge in [0.15, 0.2) is 0 Å². The van der Waals surface area contributed by atoms with Crippen LogP contribution in [0.2, 0.25) is 0 Å². The maximum absolute atomic E-state index is 12.2. The minimum atomic E-state index is -3.31. The van der Waals surface area contributed by atoms with Crippen molar-refractivity contribution in [3.8, 4) is 0 Å². The summed E-state index contributed by atoms with van der Waals surface area (Å²) in [4.78, 5) is 23.3. The summed E-state index contributed by atoms with van der Waals surface area (Å²) in [6, 6.07) is -0.897. The van der Waals surface area contributed by atoms with E-state index in [2.05, 4.69) is 5.32 Å². The first-order valence-corrected chi connectivity index (χ1v) is 9.08. The molecule has 1 fully saturated rings. The van der Waals surface area contributed by atoms with Crippen LogP contribution in [0.1, 0.15) is 39.0 Å². The lowest BCUT2D eigenvalue weighted by Gasteiger charge is -2.30. The standard InChI is InChI=1S/C13H24N2O5S/c1-3-4-7-11(13(17)18)14-12(16)10-6-5-8-15(9-10)21(2,19)20/h10-11H,3-9H2,1-2H3,(H,14,16)(H,17,18)/t10?,11-/m0/s1. The highest BCUT2D eigenvalue weighted by Gasteiger charge is 2.32. The maximum Gasteiger partial charge on any atom is 0.326 e. The number of nitrogens with one attached hydrogen (secondary N) is 1. The van der Waals surface area contributed by atoms with Crippen molar-refractivity contribution in [1.29, 1.82) is 0 Å². The summed E-state index contributed by atoms with van der Waals surface area (Å²) in [6.07, 6.45) is 4.27. The molecule has 1 rings (SSSR count). The van der Waals surface area contributed by atoms with Crippen LogP contribution < -0.4 is 5.32 Å². The van der Waals surface area contributed by atoms with Crippen molar-refractivity contribution < 1.29 is 23.1 Å². The van der Waals surface area contributed by atoms with Crippen molar-refractivity contribution in [3.63, 3.8) is 0 Å². The molecular formula is C13H24N2O5S. The average molecular weight is 320 g/mol. The van der Waals surface area contributed by atoms with Crippen molar-refractivity contribution >= 4 is 21.9 Å². The third kappa shape index (κ3) is 5.62. The number of unbranched alkanes of at least 4 members (excludes halogenated alkanes) is 1. The van der Waals surface area contributed by atoms with E-state index in [0.29, 0.717) is 25.8 Å². The van der Waals surface area contributed by atoms with Crippen LogP contribution in [0.25, 0.3) is 0 Å². The topological polar surface area (TPSA) is 104 Å². The molecule has 2 atom stereocenters. The summed E-state index contributed by atoms with van der Waals surface area (Å²) < 4.78 is 24.3. The fraction of sp³-hybridized carbons (Fsp3) is 0.846. The molecule has 7 nitrogen and oxygen atoms in total. The number of hydrogen-bond donors (Lipinski definition) is 2. The number of sulfonamides is 1. The van der Waals surface area contributed by atoms with Crippen molar-refractivity contribution in [1.82, 2.24) is 9.62 Å². The van der Waals surface area contributed by atoms with Crippen LogP contribution in [0.15, 0.2) is 0 Å². The predicted octanol–water partition coefficient (Wildman–Crippen LogP) is 0.418. The molecule has 0 bridgehead atoms. The number of carbonyl (C=O) groups excluding carboxylic acids is 1. The van der Waals surface area contributed by atoms with Gasteiger partial charge >= 0.3 is 5.97 Å². The molecule has 1 unspecified atom stereocenters. The van der Waals surface area contributed by atoms with Crippen molar-refractivity contribution in [2.24, 2.45) is 5.92 Å². The van der Waals surface area contributed by atoms with Gasteiger partial charge in [0.2, 0.25) is 15.9 Å². The van der Waals surface area contributed by atoms with Crippen molar-refractivity contribution in [2.75, 3.05) is 19.3 Å². The zero-order chi connectivity index (χ0) is 16.0. The van der Waals surface area contributed by atoms with Gasteiger partial charge < -0.3 is 10.4 Å². The smallest absolute Gasteiger partial charge is 0.326 e. The molecule has 0 aliphatic carbocycles. The lowest BCUT2D eigenvalue weighted by Crippen LogP contribution is -2.49. The maximum atomic E-state index is 12.2.